The van der Waals surface area contributed by atoms with Crippen LogP contribution in [0.5, 0.6) is 0 Å². The van der Waals surface area contributed by atoms with Gasteiger partial charge in [-0.05, 0) is 69.1 Å². The van der Waals surface area contributed by atoms with Gasteiger partial charge in [0.1, 0.15) is 0 Å². The van der Waals surface area contributed by atoms with Crippen molar-refractivity contribution in [2.75, 3.05) is 0 Å². The van der Waals surface area contributed by atoms with Crippen LogP contribution in [0.3, 0.4) is 0 Å². The van der Waals surface area contributed by atoms with Gasteiger partial charge in [0, 0.05) is 27.0 Å². The van der Waals surface area contributed by atoms with Crippen LogP contribution in [0, 0.1) is 0 Å². The molecule has 1 aliphatic rings. The average Bonchev–Trinajstić information content (AvgIpc) is 3.36. The van der Waals surface area contributed by atoms with Gasteiger partial charge in [-0.3, -0.25) is 9.20 Å². The lowest BCUT2D eigenvalue weighted by Crippen LogP contribution is -2.16. The summed E-state index contributed by atoms with van der Waals surface area (Å²) in [5.41, 5.74) is 9.50. The number of aromatic nitrogens is 1. The average molecular weight is 462 g/mol. The molecule has 8 rings (SSSR count). The van der Waals surface area contributed by atoms with E-state index in [2.05, 4.69) is 98.8 Å². The molecule has 2 nitrogen and oxygen atoms in total. The fourth-order valence-corrected chi connectivity index (χ4v) is 6.58. The van der Waals surface area contributed by atoms with Crippen LogP contribution in [0.2, 0.25) is 0 Å². The van der Waals surface area contributed by atoms with E-state index in [0.717, 1.165) is 38.0 Å². The normalized spacial score (nSPS) is 14.2. The van der Waals surface area contributed by atoms with E-state index in [-0.39, 0.29) is 11.0 Å². The maximum Gasteiger partial charge on any atom is 0.263 e. The summed E-state index contributed by atoms with van der Waals surface area (Å²) < 4.78 is 1.97. The van der Waals surface area contributed by atoms with Crippen LogP contribution >= 0.6 is 0 Å². The molecular weight excluding hydrogens is 438 g/mol. The largest absolute Gasteiger partial charge is 0.275 e. The first kappa shape index (κ1) is 19.8. The Balaban J connectivity index is 1.63. The van der Waals surface area contributed by atoms with Gasteiger partial charge < -0.3 is 0 Å². The Bertz CT molecular complexity index is 2080. The zero-order valence-electron chi connectivity index (χ0n) is 20.2. The summed E-state index contributed by atoms with van der Waals surface area (Å²) in [5, 5.41) is 5.17. The fraction of sp³-hybridized carbons (Fsp3) is 0.0882. The van der Waals surface area contributed by atoms with E-state index >= 15 is 0 Å². The Labute approximate surface area is 208 Å². The summed E-state index contributed by atoms with van der Waals surface area (Å²) in [6, 6.07) is 36.4. The molecule has 170 valence electrons. The highest BCUT2D eigenvalue weighted by atomic mass is 16.1. The quantitative estimate of drug-likeness (QED) is 0.226. The molecule has 7 aromatic rings. The number of rotatable bonds is 1. The van der Waals surface area contributed by atoms with Crippen LogP contribution in [0.1, 0.15) is 25.0 Å². The van der Waals surface area contributed by atoms with E-state index in [1.165, 1.54) is 33.4 Å². The Morgan fingerprint density at radius 3 is 2.03 bits per heavy atom. The molecule has 5 aromatic carbocycles. The monoisotopic (exact) mass is 461 g/mol. The van der Waals surface area contributed by atoms with Gasteiger partial charge in [0.05, 0.1) is 11.0 Å². The Kier molecular flexibility index (Phi) is 3.64. The highest BCUT2D eigenvalue weighted by Crippen LogP contribution is 2.51. The molecule has 0 atom stereocenters. The molecule has 0 amide bonds. The van der Waals surface area contributed by atoms with Crippen LogP contribution in [-0.4, -0.2) is 4.40 Å². The lowest BCUT2D eigenvalue weighted by Gasteiger charge is -2.21. The van der Waals surface area contributed by atoms with Crippen molar-refractivity contribution in [2.24, 2.45) is 0 Å². The summed E-state index contributed by atoms with van der Waals surface area (Å²) in [6.45, 7) is 4.58. The molecule has 0 saturated carbocycles. The van der Waals surface area contributed by atoms with Gasteiger partial charge in [-0.2, -0.15) is 0 Å². The van der Waals surface area contributed by atoms with Gasteiger partial charge in [0.15, 0.2) is 0 Å². The number of hydrogen-bond donors (Lipinski definition) is 0. The number of nitrogens with zero attached hydrogens (tertiary/aromatic N) is 1. The fourth-order valence-electron chi connectivity index (χ4n) is 6.58. The van der Waals surface area contributed by atoms with E-state index in [1.54, 1.807) is 0 Å². The topological polar surface area (TPSA) is 21.5 Å². The van der Waals surface area contributed by atoms with Crippen molar-refractivity contribution < 1.29 is 0 Å². The first-order chi connectivity index (χ1) is 17.5. The third-order valence-corrected chi connectivity index (χ3v) is 8.32. The van der Waals surface area contributed by atoms with Crippen molar-refractivity contribution in [3.8, 4) is 22.3 Å². The zero-order valence-corrected chi connectivity index (χ0v) is 20.2. The van der Waals surface area contributed by atoms with Crippen molar-refractivity contribution in [3.05, 3.63) is 125 Å². The third-order valence-electron chi connectivity index (χ3n) is 8.32. The Hall–Kier alpha value is -4.43. The van der Waals surface area contributed by atoms with Crippen LogP contribution in [-0.2, 0) is 5.41 Å². The summed E-state index contributed by atoms with van der Waals surface area (Å²) in [5.74, 6) is 0. The van der Waals surface area contributed by atoms with E-state index in [1.807, 2.05) is 22.6 Å². The number of hydrogen-bond acceptors (Lipinski definition) is 1. The number of pyridine rings is 1. The molecule has 2 aromatic heterocycles. The Morgan fingerprint density at radius 2 is 1.22 bits per heavy atom. The van der Waals surface area contributed by atoms with E-state index in [0.29, 0.717) is 0 Å². The second-order valence-electron chi connectivity index (χ2n) is 10.6. The molecule has 0 saturated heterocycles. The second-order valence-corrected chi connectivity index (χ2v) is 10.6. The number of fused-ring (bicyclic) bond motifs is 8. The smallest absolute Gasteiger partial charge is 0.263 e. The highest BCUT2D eigenvalue weighted by Gasteiger charge is 2.36. The maximum atomic E-state index is 14.0. The molecule has 36 heavy (non-hydrogen) atoms. The summed E-state index contributed by atoms with van der Waals surface area (Å²) >= 11 is 0. The minimum absolute atomic E-state index is 0.0545. The molecule has 0 bridgehead atoms. The van der Waals surface area contributed by atoms with Crippen molar-refractivity contribution in [2.45, 2.75) is 19.3 Å². The van der Waals surface area contributed by atoms with E-state index in [9.17, 15) is 4.79 Å². The van der Waals surface area contributed by atoms with Crippen molar-refractivity contribution in [3.63, 3.8) is 0 Å². The molecule has 0 spiro atoms. The van der Waals surface area contributed by atoms with Gasteiger partial charge in [0.25, 0.3) is 5.56 Å². The molecule has 0 unspecified atom stereocenters. The van der Waals surface area contributed by atoms with Crippen LogP contribution in [0.4, 0.5) is 0 Å². The Morgan fingerprint density at radius 1 is 0.556 bits per heavy atom. The number of benzene rings is 5. The lowest BCUT2D eigenvalue weighted by atomic mass is 9.82. The van der Waals surface area contributed by atoms with E-state index in [4.69, 9.17) is 0 Å². The predicted octanol–water partition coefficient (Wildman–Crippen LogP) is 8.17. The van der Waals surface area contributed by atoms with E-state index < -0.39 is 0 Å². The van der Waals surface area contributed by atoms with Gasteiger partial charge in [0.2, 0.25) is 0 Å². The zero-order chi connectivity index (χ0) is 24.2. The van der Waals surface area contributed by atoms with Crippen LogP contribution in [0.25, 0.3) is 60.2 Å². The minimum atomic E-state index is -0.121. The van der Waals surface area contributed by atoms with Gasteiger partial charge in [-0.1, -0.05) is 86.6 Å². The third kappa shape index (κ3) is 2.34. The molecule has 0 fully saturated rings. The van der Waals surface area contributed by atoms with Gasteiger partial charge in [-0.25, -0.2) is 0 Å². The van der Waals surface area contributed by atoms with Crippen molar-refractivity contribution in [1.29, 1.82) is 0 Å². The SMILES string of the molecule is CC1(C)c2ccccc2-c2cc3c4cc(-c5ccccc5)cc5c6ccccc6c(=O)n(c3cc21)c54. The maximum absolute atomic E-state index is 14.0. The summed E-state index contributed by atoms with van der Waals surface area (Å²) in [4.78, 5) is 14.0. The second kappa shape index (κ2) is 6.61. The van der Waals surface area contributed by atoms with Crippen LogP contribution in [0.15, 0.2) is 108 Å². The first-order valence-corrected chi connectivity index (χ1v) is 12.5. The van der Waals surface area contributed by atoms with Crippen molar-refractivity contribution in [1.82, 2.24) is 4.40 Å². The van der Waals surface area contributed by atoms with Crippen LogP contribution < -0.4 is 5.56 Å². The lowest BCUT2D eigenvalue weighted by molar-refractivity contribution is 0.661. The molecule has 1 aliphatic carbocycles. The molecule has 2 heteroatoms. The first-order valence-electron chi connectivity index (χ1n) is 12.5. The molecule has 0 N–H and O–H groups in total. The molecular formula is C34H23NO. The standard InChI is InChI=1S/C34H23NO/c1-34(2)29-15-9-8-13-23(29)25-18-26-28-17-21(20-10-4-3-5-11-20)16-27-22-12-6-7-14-24(22)33(36)35(32(27)28)31(26)19-30(25)34/h3-19H,1-2H3. The predicted molar refractivity (Wildman–Crippen MR) is 150 cm³/mol. The molecule has 0 aliphatic heterocycles. The van der Waals surface area contributed by atoms with Crippen molar-refractivity contribution >= 4 is 38.0 Å². The molecule has 2 heterocycles. The summed E-state index contributed by atoms with van der Waals surface area (Å²) in [6.07, 6.45) is 0. The van der Waals surface area contributed by atoms with Gasteiger partial charge >= 0.3 is 0 Å². The molecule has 0 radical (unpaired) electrons. The summed E-state index contributed by atoms with van der Waals surface area (Å²) in [7, 11) is 0. The minimum Gasteiger partial charge on any atom is -0.275 e. The van der Waals surface area contributed by atoms with Gasteiger partial charge in [-0.15, -0.1) is 0 Å². The highest BCUT2D eigenvalue weighted by molar-refractivity contribution is 6.22.